The number of anilines is 3. The molecule has 8 aromatic carbocycles. The summed E-state index contributed by atoms with van der Waals surface area (Å²) in [4.78, 5) is 2.39. The van der Waals surface area contributed by atoms with E-state index in [1.807, 2.05) is 23.5 Å². The zero-order valence-electron chi connectivity index (χ0n) is 28.2. The molecule has 0 saturated heterocycles. The van der Waals surface area contributed by atoms with Crippen LogP contribution >= 0.6 is 11.3 Å². The van der Waals surface area contributed by atoms with E-state index < -0.39 is 5.41 Å². The SMILES string of the molecule is c1ccc(N(c2ccc3c(c2)oc2ccccc23)c2cccc3sc4ccc(C5(c6ccccc6)c6ccccc6-c6ccccc65)cc4c23)cc1. The van der Waals surface area contributed by atoms with Gasteiger partial charge in [-0.3, -0.25) is 0 Å². The summed E-state index contributed by atoms with van der Waals surface area (Å²) < 4.78 is 8.95. The fourth-order valence-electron chi connectivity index (χ4n) is 8.80. The van der Waals surface area contributed by atoms with Gasteiger partial charge in [-0.1, -0.05) is 127 Å². The van der Waals surface area contributed by atoms with Gasteiger partial charge < -0.3 is 9.32 Å². The number of nitrogens with zero attached hydrogens (tertiary/aromatic N) is 1. The highest BCUT2D eigenvalue weighted by Crippen LogP contribution is 2.57. The first-order valence-corrected chi connectivity index (χ1v) is 18.6. The van der Waals surface area contributed by atoms with Crippen molar-refractivity contribution >= 4 is 70.5 Å². The summed E-state index contributed by atoms with van der Waals surface area (Å²) in [6, 6.07) is 68.5. The fraction of sp³-hybridized carbons (Fsp3) is 0.0204. The summed E-state index contributed by atoms with van der Waals surface area (Å²) in [5.74, 6) is 0. The van der Waals surface area contributed by atoms with Crippen LogP contribution < -0.4 is 4.90 Å². The number of benzene rings is 8. The highest BCUT2D eigenvalue weighted by molar-refractivity contribution is 7.26. The molecule has 0 unspecified atom stereocenters. The maximum absolute atomic E-state index is 6.42. The van der Waals surface area contributed by atoms with Crippen molar-refractivity contribution in [2.75, 3.05) is 4.90 Å². The molecule has 2 heterocycles. The van der Waals surface area contributed by atoms with E-state index in [2.05, 4.69) is 181 Å². The summed E-state index contributed by atoms with van der Waals surface area (Å²) in [6.07, 6.45) is 0. The normalized spacial score (nSPS) is 13.2. The van der Waals surface area contributed by atoms with Crippen molar-refractivity contribution in [2.24, 2.45) is 0 Å². The van der Waals surface area contributed by atoms with E-state index >= 15 is 0 Å². The molecular formula is C49H31NOS. The molecule has 0 N–H and O–H groups in total. The van der Waals surface area contributed by atoms with Crippen molar-refractivity contribution in [1.29, 1.82) is 0 Å². The highest BCUT2D eigenvalue weighted by atomic mass is 32.1. The summed E-state index contributed by atoms with van der Waals surface area (Å²) in [6.45, 7) is 0. The minimum Gasteiger partial charge on any atom is -0.456 e. The largest absolute Gasteiger partial charge is 0.456 e. The molecule has 0 amide bonds. The first-order chi connectivity index (χ1) is 25.8. The quantitative estimate of drug-likeness (QED) is 0.180. The van der Waals surface area contributed by atoms with Crippen LogP contribution in [0.15, 0.2) is 192 Å². The first-order valence-electron chi connectivity index (χ1n) is 17.8. The molecule has 52 heavy (non-hydrogen) atoms. The Kier molecular flexibility index (Phi) is 6.37. The predicted octanol–water partition coefficient (Wildman–Crippen LogP) is 13.8. The second-order valence-corrected chi connectivity index (χ2v) is 14.7. The Morgan fingerprint density at radius 3 is 1.88 bits per heavy atom. The Bertz CT molecular complexity index is 2930. The summed E-state index contributed by atoms with van der Waals surface area (Å²) in [5, 5.41) is 4.77. The maximum Gasteiger partial charge on any atom is 0.137 e. The van der Waals surface area contributed by atoms with Crippen LogP contribution in [-0.4, -0.2) is 0 Å². The lowest BCUT2D eigenvalue weighted by Crippen LogP contribution is -2.28. The molecule has 0 bridgehead atoms. The van der Waals surface area contributed by atoms with E-state index in [0.29, 0.717) is 0 Å². The Labute approximate surface area is 305 Å². The van der Waals surface area contributed by atoms with Gasteiger partial charge in [-0.15, -0.1) is 11.3 Å². The molecule has 10 aromatic rings. The topological polar surface area (TPSA) is 16.4 Å². The van der Waals surface area contributed by atoms with Crippen LogP contribution in [0.2, 0.25) is 0 Å². The molecule has 3 heteroatoms. The molecule has 0 spiro atoms. The number of para-hydroxylation sites is 2. The van der Waals surface area contributed by atoms with Gasteiger partial charge in [0, 0.05) is 48.4 Å². The third kappa shape index (κ3) is 4.11. The summed E-state index contributed by atoms with van der Waals surface area (Å²) >= 11 is 1.86. The molecule has 244 valence electrons. The zero-order chi connectivity index (χ0) is 34.2. The Morgan fingerprint density at radius 2 is 1.10 bits per heavy atom. The van der Waals surface area contributed by atoms with Crippen LogP contribution in [0.5, 0.6) is 0 Å². The highest BCUT2D eigenvalue weighted by Gasteiger charge is 2.46. The molecular weight excluding hydrogens is 651 g/mol. The van der Waals surface area contributed by atoms with Gasteiger partial charge in [0.15, 0.2) is 0 Å². The van der Waals surface area contributed by atoms with E-state index in [0.717, 1.165) is 39.0 Å². The number of furan rings is 1. The Hall–Kier alpha value is -6.42. The van der Waals surface area contributed by atoms with Crippen molar-refractivity contribution in [1.82, 2.24) is 0 Å². The van der Waals surface area contributed by atoms with Gasteiger partial charge in [0.05, 0.1) is 11.1 Å². The van der Waals surface area contributed by atoms with Crippen LogP contribution in [0.3, 0.4) is 0 Å². The van der Waals surface area contributed by atoms with Crippen molar-refractivity contribution in [3.63, 3.8) is 0 Å². The summed E-state index contributed by atoms with van der Waals surface area (Å²) in [5.41, 5.74) is 12.4. The molecule has 0 fully saturated rings. The lowest BCUT2D eigenvalue weighted by molar-refractivity contribution is 0.669. The van der Waals surface area contributed by atoms with Gasteiger partial charge in [-0.2, -0.15) is 0 Å². The number of rotatable bonds is 5. The second kappa shape index (κ2) is 11.3. The van der Waals surface area contributed by atoms with Crippen LogP contribution in [-0.2, 0) is 5.41 Å². The second-order valence-electron chi connectivity index (χ2n) is 13.6. The van der Waals surface area contributed by atoms with Crippen molar-refractivity contribution in [3.05, 3.63) is 210 Å². The van der Waals surface area contributed by atoms with E-state index in [9.17, 15) is 0 Å². The lowest BCUT2D eigenvalue weighted by Gasteiger charge is -2.34. The van der Waals surface area contributed by atoms with Crippen LogP contribution in [0.4, 0.5) is 17.1 Å². The third-order valence-electron chi connectivity index (χ3n) is 10.9. The fourth-order valence-corrected chi connectivity index (χ4v) is 9.90. The summed E-state index contributed by atoms with van der Waals surface area (Å²) in [7, 11) is 0. The van der Waals surface area contributed by atoms with Gasteiger partial charge in [0.1, 0.15) is 11.2 Å². The van der Waals surface area contributed by atoms with Crippen LogP contribution in [0.1, 0.15) is 22.3 Å². The number of thiophene rings is 1. The first kappa shape index (κ1) is 29.3. The number of hydrogen-bond acceptors (Lipinski definition) is 3. The van der Waals surface area contributed by atoms with Crippen molar-refractivity contribution in [2.45, 2.75) is 5.41 Å². The number of fused-ring (bicyclic) bond motifs is 9. The van der Waals surface area contributed by atoms with E-state index in [-0.39, 0.29) is 0 Å². The molecule has 0 saturated carbocycles. The molecule has 1 aliphatic carbocycles. The van der Waals surface area contributed by atoms with Crippen molar-refractivity contribution < 1.29 is 4.42 Å². The third-order valence-corrected chi connectivity index (χ3v) is 12.1. The van der Waals surface area contributed by atoms with E-state index in [1.165, 1.54) is 53.6 Å². The standard InChI is InChI=1S/C49H31NOS/c1-3-14-32(15-4-1)49(41-21-10-7-18-36(41)37-19-8-11-22-42(37)49)33-26-29-46-40(30-33)48-43(23-13-25-47(48)52-46)50(34-16-5-2-6-17-34)35-27-28-39-38-20-9-12-24-44(38)51-45(39)31-35/h1-31H. The minimum absolute atomic E-state index is 0.461. The monoisotopic (exact) mass is 681 g/mol. The molecule has 0 radical (unpaired) electrons. The van der Waals surface area contributed by atoms with Gasteiger partial charge in [-0.25, -0.2) is 0 Å². The smallest absolute Gasteiger partial charge is 0.137 e. The minimum atomic E-state index is -0.461. The molecule has 2 aromatic heterocycles. The Morgan fingerprint density at radius 1 is 0.423 bits per heavy atom. The molecule has 1 aliphatic rings. The Balaban J connectivity index is 1.19. The molecule has 0 aliphatic heterocycles. The van der Waals surface area contributed by atoms with Gasteiger partial charge >= 0.3 is 0 Å². The van der Waals surface area contributed by atoms with Crippen LogP contribution in [0.25, 0.3) is 53.2 Å². The van der Waals surface area contributed by atoms with Gasteiger partial charge in [-0.05, 0) is 88.0 Å². The van der Waals surface area contributed by atoms with E-state index in [1.54, 1.807) is 0 Å². The molecule has 2 nitrogen and oxygen atoms in total. The van der Waals surface area contributed by atoms with Crippen LogP contribution in [0, 0.1) is 0 Å². The lowest BCUT2D eigenvalue weighted by atomic mass is 9.67. The molecule has 11 rings (SSSR count). The van der Waals surface area contributed by atoms with Gasteiger partial charge in [0.2, 0.25) is 0 Å². The predicted molar refractivity (Wildman–Crippen MR) is 219 cm³/mol. The zero-order valence-corrected chi connectivity index (χ0v) is 29.0. The maximum atomic E-state index is 6.42. The molecule has 0 atom stereocenters. The number of hydrogen-bond donors (Lipinski definition) is 0. The van der Waals surface area contributed by atoms with E-state index in [4.69, 9.17) is 4.42 Å². The van der Waals surface area contributed by atoms with Crippen molar-refractivity contribution in [3.8, 4) is 11.1 Å². The van der Waals surface area contributed by atoms with Gasteiger partial charge in [0.25, 0.3) is 0 Å². The average molecular weight is 682 g/mol. The average Bonchev–Trinajstić information content (AvgIpc) is 3.87.